The number of carbonyl (C=O) groups is 2. The van der Waals surface area contributed by atoms with E-state index in [0.717, 1.165) is 34.4 Å². The largest absolute Gasteiger partial charge is 0.508 e. The highest BCUT2D eigenvalue weighted by atomic mass is 32.1. The van der Waals surface area contributed by atoms with Crippen LogP contribution in [0.4, 0.5) is 0 Å². The molecule has 2 fully saturated rings. The lowest BCUT2D eigenvalue weighted by Gasteiger charge is -2.43. The third kappa shape index (κ3) is 5.38. The highest BCUT2D eigenvalue weighted by Crippen LogP contribution is 2.51. The second-order valence-electron chi connectivity index (χ2n) is 10.4. The van der Waals surface area contributed by atoms with Crippen molar-refractivity contribution in [3.05, 3.63) is 68.9 Å². The molecule has 2 aromatic rings. The normalized spacial score (nSPS) is 25.7. The highest BCUT2D eigenvalue weighted by Gasteiger charge is 2.57. The predicted molar refractivity (Wildman–Crippen MR) is 147 cm³/mol. The van der Waals surface area contributed by atoms with E-state index in [9.17, 15) is 19.7 Å². The maximum atomic E-state index is 13.7. The number of hydrogen-bond donors (Lipinski definition) is 2. The maximum absolute atomic E-state index is 13.7. The van der Waals surface area contributed by atoms with E-state index in [0.29, 0.717) is 32.3 Å². The van der Waals surface area contributed by atoms with Crippen molar-refractivity contribution in [1.29, 1.82) is 0 Å². The monoisotopic (exact) mass is 535 g/mol. The van der Waals surface area contributed by atoms with Gasteiger partial charge in [-0.15, -0.1) is 11.3 Å². The molecule has 1 aromatic carbocycles. The summed E-state index contributed by atoms with van der Waals surface area (Å²) in [5.74, 6) is -1.17. The number of hydrogen-bond acceptors (Lipinski definition) is 7. The van der Waals surface area contributed by atoms with Gasteiger partial charge in [0.15, 0.2) is 0 Å². The van der Waals surface area contributed by atoms with Crippen molar-refractivity contribution in [3.8, 4) is 5.75 Å². The lowest BCUT2D eigenvalue weighted by molar-refractivity contribution is -0.140. The van der Waals surface area contributed by atoms with Crippen LogP contribution in [0.25, 0.3) is 6.08 Å². The number of phenols is 1. The van der Waals surface area contributed by atoms with E-state index in [2.05, 4.69) is 13.0 Å². The van der Waals surface area contributed by atoms with E-state index in [1.54, 1.807) is 19.2 Å². The number of methoxy groups -OCH3 is 1. The molecule has 0 spiro atoms. The van der Waals surface area contributed by atoms with E-state index in [1.807, 2.05) is 29.6 Å². The summed E-state index contributed by atoms with van der Waals surface area (Å²) in [6.45, 7) is 2.78. The highest BCUT2D eigenvalue weighted by molar-refractivity contribution is 7.09. The van der Waals surface area contributed by atoms with Crippen LogP contribution >= 0.6 is 11.3 Å². The van der Waals surface area contributed by atoms with Crippen LogP contribution < -0.4 is 0 Å². The third-order valence-corrected chi connectivity index (χ3v) is 8.92. The number of aromatic hydroxyl groups is 1. The zero-order chi connectivity index (χ0) is 26.8. The van der Waals surface area contributed by atoms with Crippen LogP contribution in [0.5, 0.6) is 5.75 Å². The second kappa shape index (κ2) is 11.6. The minimum Gasteiger partial charge on any atom is -0.508 e. The summed E-state index contributed by atoms with van der Waals surface area (Å²) >= 11 is 1.54. The number of fused-ring (bicyclic) bond motifs is 3. The number of ether oxygens (including phenoxy) is 1. The van der Waals surface area contributed by atoms with Crippen molar-refractivity contribution in [2.75, 3.05) is 13.7 Å². The van der Waals surface area contributed by atoms with Gasteiger partial charge >= 0.3 is 7.12 Å². The molecular weight excluding hydrogens is 501 g/mol. The Morgan fingerprint density at radius 2 is 2.00 bits per heavy atom. The van der Waals surface area contributed by atoms with Gasteiger partial charge in [-0.2, -0.15) is 0 Å². The van der Waals surface area contributed by atoms with E-state index in [4.69, 9.17) is 9.39 Å². The molecule has 200 valence electrons. The summed E-state index contributed by atoms with van der Waals surface area (Å²) in [7, 11) is 0.652. The average Bonchev–Trinajstić information content (AvgIpc) is 3.50. The molecule has 0 bridgehead atoms. The number of rotatable bonds is 9. The van der Waals surface area contributed by atoms with Gasteiger partial charge in [-0.1, -0.05) is 36.8 Å². The molecule has 3 heterocycles. The number of imide groups is 1. The summed E-state index contributed by atoms with van der Waals surface area (Å²) in [5, 5.41) is 22.3. The van der Waals surface area contributed by atoms with Crippen molar-refractivity contribution in [2.45, 2.75) is 51.6 Å². The van der Waals surface area contributed by atoms with Gasteiger partial charge in [0.2, 0.25) is 11.8 Å². The first kappa shape index (κ1) is 26.9. The zero-order valence-electron chi connectivity index (χ0n) is 21.8. The molecule has 5 rings (SSSR count). The Kier molecular flexibility index (Phi) is 8.19. The molecule has 9 heteroatoms. The van der Waals surface area contributed by atoms with Crippen LogP contribution in [0.1, 0.15) is 43.0 Å². The van der Waals surface area contributed by atoms with Crippen molar-refractivity contribution in [1.82, 2.24) is 4.90 Å². The number of nitrogens with zero attached hydrogens (tertiary/aromatic N) is 1. The molecule has 0 radical (unpaired) electrons. The number of benzene rings is 1. The maximum Gasteiger partial charge on any atom is 0.455 e. The number of carbonyl (C=O) groups excluding carboxylic acids is 2. The topological polar surface area (TPSA) is 96.3 Å². The zero-order valence-corrected chi connectivity index (χ0v) is 22.7. The Bertz CT molecular complexity index is 1220. The lowest BCUT2D eigenvalue weighted by atomic mass is 9.58. The van der Waals surface area contributed by atoms with Gasteiger partial charge < -0.3 is 19.5 Å². The van der Waals surface area contributed by atoms with E-state index in [-0.39, 0.29) is 29.6 Å². The quantitative estimate of drug-likeness (QED) is 0.275. The molecule has 38 heavy (non-hydrogen) atoms. The Hall–Kier alpha value is -2.72. The van der Waals surface area contributed by atoms with Crippen LogP contribution in [0.3, 0.4) is 0 Å². The van der Waals surface area contributed by atoms with E-state index < -0.39 is 19.0 Å². The molecule has 1 aliphatic carbocycles. The molecule has 3 aliphatic rings. The first-order chi connectivity index (χ1) is 18.4. The number of allylic oxidation sites excluding steroid dienone is 1. The summed E-state index contributed by atoms with van der Waals surface area (Å²) in [4.78, 5) is 29.5. The first-order valence-corrected chi connectivity index (χ1v) is 14.2. The van der Waals surface area contributed by atoms with Gasteiger partial charge in [0, 0.05) is 12.0 Å². The number of thiophene rings is 1. The van der Waals surface area contributed by atoms with Gasteiger partial charge in [-0.3, -0.25) is 14.5 Å². The second-order valence-corrected chi connectivity index (χ2v) is 11.4. The smallest absolute Gasteiger partial charge is 0.455 e. The van der Waals surface area contributed by atoms with Crippen molar-refractivity contribution in [2.24, 2.45) is 17.8 Å². The Morgan fingerprint density at radius 1 is 1.21 bits per heavy atom. The first-order valence-electron chi connectivity index (χ1n) is 13.3. The molecule has 0 unspecified atom stereocenters. The Morgan fingerprint density at radius 3 is 2.68 bits per heavy atom. The molecule has 0 saturated carbocycles. The fraction of sp³-hybridized carbons (Fsp3) is 0.448. The summed E-state index contributed by atoms with van der Waals surface area (Å²) < 4.78 is 11.6. The minimum atomic E-state index is -0.989. The molecule has 2 N–H and O–H groups in total. The van der Waals surface area contributed by atoms with E-state index in [1.165, 1.54) is 21.8 Å². The lowest BCUT2D eigenvalue weighted by Crippen LogP contribution is -2.46. The average molecular weight is 535 g/mol. The molecule has 4 atom stereocenters. The summed E-state index contributed by atoms with van der Waals surface area (Å²) in [5.41, 5.74) is 4.31. The molecule has 7 nitrogen and oxygen atoms in total. The van der Waals surface area contributed by atoms with Gasteiger partial charge in [0.05, 0.1) is 31.1 Å². The predicted octanol–water partition coefficient (Wildman–Crippen LogP) is 4.67. The van der Waals surface area contributed by atoms with Gasteiger partial charge in [-0.25, -0.2) is 0 Å². The standard InChI is InChI=1S/C29H34BNO6S/c1-3-18(13-19-6-9-21(32)10-7-19)8-11-25-26-20(17-36-2)14-23-27(24(26)15-30(35)37-25)29(34)31(28(23)33)16-22-5-4-12-38-22/h4-7,9-10,12-13,23-25,27,32,35H,3,8,11,14-17H2,1-2H3/b18-13+/t23-,24+,25-,27-/m1/s1. The van der Waals surface area contributed by atoms with Crippen LogP contribution in [0, 0.1) is 17.8 Å². The fourth-order valence-corrected chi connectivity index (χ4v) is 7.02. The van der Waals surface area contributed by atoms with Gasteiger partial charge in [-0.05, 0) is 78.2 Å². The molecular formula is C29H34BNO6S. The third-order valence-electron chi connectivity index (χ3n) is 8.06. The van der Waals surface area contributed by atoms with Crippen molar-refractivity contribution < 1.29 is 29.1 Å². The van der Waals surface area contributed by atoms with Crippen LogP contribution in [-0.2, 0) is 25.5 Å². The summed E-state index contributed by atoms with van der Waals surface area (Å²) in [6, 6.07) is 11.0. The SMILES string of the molecule is CC/C(=C\c1ccc(O)cc1)CC[C@H]1OB(O)C[C@H]2C1=C(COC)C[C@H]1C(=O)N(Cc3cccs3)C(=O)[C@H]12. The minimum absolute atomic E-state index is 0.122. The Labute approximate surface area is 227 Å². The van der Waals surface area contributed by atoms with Crippen LogP contribution in [0.2, 0.25) is 6.32 Å². The van der Waals surface area contributed by atoms with Crippen molar-refractivity contribution >= 4 is 36.3 Å². The molecule has 2 saturated heterocycles. The van der Waals surface area contributed by atoms with Crippen LogP contribution in [-0.4, -0.2) is 53.8 Å². The summed E-state index contributed by atoms with van der Waals surface area (Å²) in [6.07, 6.45) is 4.84. The molecule has 2 aliphatic heterocycles. The van der Waals surface area contributed by atoms with Crippen LogP contribution in [0.15, 0.2) is 58.5 Å². The molecule has 2 amide bonds. The number of likely N-dealkylation sites (tertiary alicyclic amines) is 1. The van der Waals surface area contributed by atoms with Gasteiger partial charge in [0.1, 0.15) is 5.75 Å². The fourth-order valence-electron chi connectivity index (χ4n) is 6.32. The number of phenolic OH excluding ortho intramolecular Hbond substituents is 1. The molecule has 1 aromatic heterocycles. The Balaban J connectivity index is 1.40. The number of amides is 2. The van der Waals surface area contributed by atoms with E-state index >= 15 is 0 Å². The van der Waals surface area contributed by atoms with Gasteiger partial charge in [0.25, 0.3) is 0 Å². The van der Waals surface area contributed by atoms with Crippen molar-refractivity contribution in [3.63, 3.8) is 0 Å².